The second-order valence-corrected chi connectivity index (χ2v) is 9.24. The molecule has 180 valence electrons. The zero-order valence-electron chi connectivity index (χ0n) is 20.9. The van der Waals surface area contributed by atoms with Crippen LogP contribution in [0.3, 0.4) is 0 Å². The first-order chi connectivity index (χ1) is 13.8. The molecular formula is C22H43IN6O2. The molecule has 0 aromatic carbocycles. The smallest absolute Gasteiger partial charge is 0.407 e. The van der Waals surface area contributed by atoms with E-state index in [0.29, 0.717) is 6.54 Å². The highest BCUT2D eigenvalue weighted by Gasteiger charge is 2.21. The van der Waals surface area contributed by atoms with E-state index < -0.39 is 11.7 Å². The van der Waals surface area contributed by atoms with E-state index in [2.05, 4.69) is 48.7 Å². The topological polar surface area (TPSA) is 92.6 Å². The molecule has 0 spiro atoms. The van der Waals surface area contributed by atoms with Gasteiger partial charge in [0.2, 0.25) is 0 Å². The molecule has 1 aromatic rings. The van der Waals surface area contributed by atoms with E-state index in [-0.39, 0.29) is 42.0 Å². The number of rotatable bonds is 8. The highest BCUT2D eigenvalue weighted by atomic mass is 127. The number of aryl methyl sites for hydroxylation is 2. The quantitative estimate of drug-likeness (QED) is 0.261. The van der Waals surface area contributed by atoms with E-state index in [4.69, 9.17) is 9.73 Å². The van der Waals surface area contributed by atoms with Crippen molar-refractivity contribution in [1.29, 1.82) is 0 Å². The SMILES string of the molecule is CCNC(=NCC(NC(=O)OC(C)(C)C)C(C)C)NC(C)Cc1c(C)nn(C)c1C.I. The Morgan fingerprint density at radius 1 is 1.19 bits per heavy atom. The van der Waals surface area contributed by atoms with Crippen molar-refractivity contribution < 1.29 is 9.53 Å². The average molecular weight is 551 g/mol. The van der Waals surface area contributed by atoms with Crippen molar-refractivity contribution in [2.75, 3.05) is 13.1 Å². The third-order valence-corrected chi connectivity index (χ3v) is 4.85. The summed E-state index contributed by atoms with van der Waals surface area (Å²) < 4.78 is 7.31. The van der Waals surface area contributed by atoms with Gasteiger partial charge in [0, 0.05) is 25.3 Å². The zero-order chi connectivity index (χ0) is 23.1. The lowest BCUT2D eigenvalue weighted by Crippen LogP contribution is -2.46. The van der Waals surface area contributed by atoms with Gasteiger partial charge in [0.15, 0.2) is 5.96 Å². The van der Waals surface area contributed by atoms with Crippen LogP contribution in [-0.4, -0.2) is 52.6 Å². The lowest BCUT2D eigenvalue weighted by Gasteiger charge is -2.25. The molecule has 2 atom stereocenters. The van der Waals surface area contributed by atoms with Crippen molar-refractivity contribution in [3.05, 3.63) is 17.0 Å². The molecule has 31 heavy (non-hydrogen) atoms. The number of hydrogen-bond acceptors (Lipinski definition) is 4. The van der Waals surface area contributed by atoms with Gasteiger partial charge in [0.25, 0.3) is 0 Å². The molecule has 1 amide bonds. The zero-order valence-corrected chi connectivity index (χ0v) is 23.3. The van der Waals surface area contributed by atoms with E-state index in [9.17, 15) is 4.79 Å². The van der Waals surface area contributed by atoms with Gasteiger partial charge in [0.05, 0.1) is 18.3 Å². The number of hydrogen-bond donors (Lipinski definition) is 3. The molecule has 0 radical (unpaired) electrons. The van der Waals surface area contributed by atoms with Crippen LogP contribution in [0.2, 0.25) is 0 Å². The van der Waals surface area contributed by atoms with Gasteiger partial charge < -0.3 is 20.7 Å². The van der Waals surface area contributed by atoms with E-state index in [0.717, 1.165) is 24.6 Å². The normalized spacial score (nSPS) is 14.0. The van der Waals surface area contributed by atoms with Gasteiger partial charge in [-0.25, -0.2) is 4.79 Å². The fourth-order valence-corrected chi connectivity index (χ4v) is 3.10. The minimum atomic E-state index is -0.524. The first kappa shape index (κ1) is 29.5. The summed E-state index contributed by atoms with van der Waals surface area (Å²) in [7, 11) is 1.97. The number of aromatic nitrogens is 2. The van der Waals surface area contributed by atoms with Crippen LogP contribution < -0.4 is 16.0 Å². The van der Waals surface area contributed by atoms with Crippen molar-refractivity contribution in [2.24, 2.45) is 18.0 Å². The number of nitrogens with one attached hydrogen (secondary N) is 3. The maximum atomic E-state index is 12.2. The molecule has 0 aliphatic heterocycles. The van der Waals surface area contributed by atoms with E-state index in [1.165, 1.54) is 11.3 Å². The molecular weight excluding hydrogens is 507 g/mol. The summed E-state index contributed by atoms with van der Waals surface area (Å²) in [6, 6.07) is 0.0640. The Bertz CT molecular complexity index is 724. The van der Waals surface area contributed by atoms with Crippen molar-refractivity contribution >= 4 is 36.0 Å². The van der Waals surface area contributed by atoms with Crippen LogP contribution in [0.5, 0.6) is 0 Å². The summed E-state index contributed by atoms with van der Waals surface area (Å²) >= 11 is 0. The Kier molecular flexibility index (Phi) is 12.5. The van der Waals surface area contributed by atoms with Crippen molar-refractivity contribution in [1.82, 2.24) is 25.7 Å². The summed E-state index contributed by atoms with van der Waals surface area (Å²) in [4.78, 5) is 16.9. The van der Waals surface area contributed by atoms with Crippen LogP contribution >= 0.6 is 24.0 Å². The van der Waals surface area contributed by atoms with E-state index >= 15 is 0 Å². The van der Waals surface area contributed by atoms with Gasteiger partial charge in [-0.05, 0) is 66.4 Å². The number of alkyl carbamates (subject to hydrolysis) is 1. The van der Waals surface area contributed by atoms with Crippen molar-refractivity contribution in [3.63, 3.8) is 0 Å². The summed E-state index contributed by atoms with van der Waals surface area (Å²) in [5, 5.41) is 14.2. The van der Waals surface area contributed by atoms with Crippen LogP contribution in [0.15, 0.2) is 4.99 Å². The van der Waals surface area contributed by atoms with Gasteiger partial charge in [-0.15, -0.1) is 24.0 Å². The first-order valence-corrected chi connectivity index (χ1v) is 10.9. The molecule has 8 nitrogen and oxygen atoms in total. The fourth-order valence-electron chi connectivity index (χ4n) is 3.10. The average Bonchev–Trinajstić information content (AvgIpc) is 2.83. The second kappa shape index (κ2) is 13.1. The highest BCUT2D eigenvalue weighted by molar-refractivity contribution is 14.0. The molecule has 9 heteroatoms. The third kappa shape index (κ3) is 10.6. The van der Waals surface area contributed by atoms with Gasteiger partial charge in [-0.2, -0.15) is 5.10 Å². The molecule has 0 bridgehead atoms. The predicted octanol–water partition coefficient (Wildman–Crippen LogP) is 3.69. The van der Waals surface area contributed by atoms with Gasteiger partial charge in [0.1, 0.15) is 5.60 Å². The predicted molar refractivity (Wildman–Crippen MR) is 138 cm³/mol. The van der Waals surface area contributed by atoms with E-state index in [1.807, 2.05) is 46.3 Å². The second-order valence-electron chi connectivity index (χ2n) is 9.24. The molecule has 0 fully saturated rings. The Labute approximate surface area is 205 Å². The monoisotopic (exact) mass is 550 g/mol. The molecule has 0 aliphatic carbocycles. The number of carbonyl (C=O) groups excluding carboxylic acids is 1. The maximum absolute atomic E-state index is 12.2. The Balaban J connectivity index is 0.00000900. The largest absolute Gasteiger partial charge is 0.444 e. The molecule has 0 saturated heterocycles. The molecule has 0 saturated carbocycles. The summed E-state index contributed by atoms with van der Waals surface area (Å²) in [6.45, 7) is 19.2. The van der Waals surface area contributed by atoms with Crippen LogP contribution in [0.4, 0.5) is 4.79 Å². The van der Waals surface area contributed by atoms with Crippen LogP contribution in [-0.2, 0) is 18.2 Å². The van der Waals surface area contributed by atoms with E-state index in [1.54, 1.807) is 0 Å². The number of ether oxygens (including phenoxy) is 1. The number of amides is 1. The fraction of sp³-hybridized carbons (Fsp3) is 0.773. The number of aliphatic imine (C=N–C) groups is 1. The van der Waals surface area contributed by atoms with Crippen molar-refractivity contribution in [2.45, 2.75) is 86.4 Å². The van der Waals surface area contributed by atoms with Gasteiger partial charge in [-0.1, -0.05) is 13.8 Å². The lowest BCUT2D eigenvalue weighted by atomic mass is 10.0. The molecule has 0 aliphatic rings. The van der Waals surface area contributed by atoms with Crippen LogP contribution in [0, 0.1) is 19.8 Å². The number of nitrogens with zero attached hydrogens (tertiary/aromatic N) is 3. The Hall–Kier alpha value is -1.52. The van der Waals surface area contributed by atoms with Gasteiger partial charge >= 0.3 is 6.09 Å². The summed E-state index contributed by atoms with van der Waals surface area (Å²) in [6.07, 6.45) is 0.449. The molecule has 1 rings (SSSR count). The van der Waals surface area contributed by atoms with Gasteiger partial charge in [-0.3, -0.25) is 9.67 Å². The minimum Gasteiger partial charge on any atom is -0.444 e. The number of carbonyl (C=O) groups is 1. The molecule has 1 aromatic heterocycles. The van der Waals surface area contributed by atoms with Crippen molar-refractivity contribution in [3.8, 4) is 0 Å². The minimum absolute atomic E-state index is 0. The highest BCUT2D eigenvalue weighted by Crippen LogP contribution is 2.14. The van der Waals surface area contributed by atoms with Crippen LogP contribution in [0.25, 0.3) is 0 Å². The summed E-state index contributed by atoms with van der Waals surface area (Å²) in [5.41, 5.74) is 2.99. The number of guanidine groups is 1. The lowest BCUT2D eigenvalue weighted by molar-refractivity contribution is 0.0493. The third-order valence-electron chi connectivity index (χ3n) is 4.85. The van der Waals surface area contributed by atoms with Crippen LogP contribution in [0.1, 0.15) is 65.4 Å². The molecule has 2 unspecified atom stereocenters. The Morgan fingerprint density at radius 3 is 2.26 bits per heavy atom. The Morgan fingerprint density at radius 2 is 1.81 bits per heavy atom. The first-order valence-electron chi connectivity index (χ1n) is 10.9. The standard InChI is InChI=1S/C22H42N6O2.HI/c1-11-23-20(25-15(4)12-18-16(5)27-28(10)17(18)6)24-13-19(14(2)3)26-21(29)30-22(7,8)9;/h14-15,19H,11-13H2,1-10H3,(H,26,29)(H2,23,24,25);1H. The molecule has 1 heterocycles. The summed E-state index contributed by atoms with van der Waals surface area (Å²) in [5.74, 6) is 0.961. The molecule has 3 N–H and O–H groups in total. The maximum Gasteiger partial charge on any atom is 0.407 e. The number of halogens is 1.